The minimum atomic E-state index is 0.837. The van der Waals surface area contributed by atoms with Gasteiger partial charge in [-0.05, 0) is 49.0 Å². The summed E-state index contributed by atoms with van der Waals surface area (Å²) in [7, 11) is 0. The standard InChI is InChI=1S/C17H23ClN2S/c1-3-9-19-12-14-7-8-17(16(18)11-14)20(4-2)13-15-6-5-10-21-15/h5-8,10-11,19H,3-4,9,12-13H2,1-2H3. The molecule has 2 aromatic rings. The Morgan fingerprint density at radius 2 is 2.10 bits per heavy atom. The monoisotopic (exact) mass is 322 g/mol. The van der Waals surface area contributed by atoms with E-state index in [1.54, 1.807) is 11.3 Å². The molecule has 0 unspecified atom stereocenters. The number of anilines is 1. The number of thiophene rings is 1. The first-order valence-electron chi connectivity index (χ1n) is 7.51. The molecule has 0 aliphatic heterocycles. The fourth-order valence-electron chi connectivity index (χ4n) is 2.28. The predicted molar refractivity (Wildman–Crippen MR) is 94.5 cm³/mol. The first kappa shape index (κ1) is 16.3. The molecular weight excluding hydrogens is 300 g/mol. The number of hydrogen-bond donors (Lipinski definition) is 1. The number of nitrogens with one attached hydrogen (secondary N) is 1. The smallest absolute Gasteiger partial charge is 0.0642 e. The molecule has 0 spiro atoms. The Morgan fingerprint density at radius 1 is 1.24 bits per heavy atom. The van der Waals surface area contributed by atoms with Crippen molar-refractivity contribution in [2.45, 2.75) is 33.4 Å². The van der Waals surface area contributed by atoms with Crippen molar-refractivity contribution in [2.24, 2.45) is 0 Å². The molecule has 0 aliphatic carbocycles. The van der Waals surface area contributed by atoms with Gasteiger partial charge < -0.3 is 10.2 Å². The van der Waals surface area contributed by atoms with E-state index in [-0.39, 0.29) is 0 Å². The van der Waals surface area contributed by atoms with Crippen molar-refractivity contribution in [3.8, 4) is 0 Å². The minimum Gasteiger partial charge on any atom is -0.365 e. The second-order valence-electron chi connectivity index (χ2n) is 5.06. The molecule has 0 atom stereocenters. The second-order valence-corrected chi connectivity index (χ2v) is 6.50. The summed E-state index contributed by atoms with van der Waals surface area (Å²) in [5.74, 6) is 0. The van der Waals surface area contributed by atoms with Crippen molar-refractivity contribution in [2.75, 3.05) is 18.0 Å². The van der Waals surface area contributed by atoms with Crippen LogP contribution in [0.1, 0.15) is 30.7 Å². The third kappa shape index (κ3) is 4.73. The van der Waals surface area contributed by atoms with Crippen molar-refractivity contribution in [3.05, 3.63) is 51.2 Å². The Bertz CT molecular complexity index is 540. The Kier molecular flexibility index (Phi) is 6.55. The molecule has 0 bridgehead atoms. The molecule has 114 valence electrons. The minimum absolute atomic E-state index is 0.837. The van der Waals surface area contributed by atoms with Crippen molar-refractivity contribution in [3.63, 3.8) is 0 Å². The predicted octanol–water partition coefficient (Wildman–Crippen LogP) is 4.93. The van der Waals surface area contributed by atoms with Crippen LogP contribution in [0.15, 0.2) is 35.7 Å². The molecule has 4 heteroatoms. The van der Waals surface area contributed by atoms with Crippen LogP contribution in [0.4, 0.5) is 5.69 Å². The molecule has 21 heavy (non-hydrogen) atoms. The Labute approximate surface area is 136 Å². The molecule has 0 amide bonds. The number of nitrogens with zero attached hydrogens (tertiary/aromatic N) is 1. The highest BCUT2D eigenvalue weighted by atomic mass is 35.5. The zero-order valence-electron chi connectivity index (χ0n) is 12.7. The van der Waals surface area contributed by atoms with Gasteiger partial charge in [0.05, 0.1) is 17.3 Å². The lowest BCUT2D eigenvalue weighted by molar-refractivity contribution is 0.675. The lowest BCUT2D eigenvalue weighted by Crippen LogP contribution is -2.22. The summed E-state index contributed by atoms with van der Waals surface area (Å²) < 4.78 is 0. The van der Waals surface area contributed by atoms with Crippen molar-refractivity contribution >= 4 is 28.6 Å². The van der Waals surface area contributed by atoms with Crippen LogP contribution < -0.4 is 10.2 Å². The first-order chi connectivity index (χ1) is 10.2. The van der Waals surface area contributed by atoms with Crippen LogP contribution in [0, 0.1) is 0 Å². The van der Waals surface area contributed by atoms with E-state index in [2.05, 4.69) is 59.8 Å². The number of benzene rings is 1. The molecule has 1 aromatic carbocycles. The molecule has 1 aromatic heterocycles. The molecule has 2 rings (SSSR count). The van der Waals surface area contributed by atoms with Gasteiger partial charge in [0, 0.05) is 18.0 Å². The Balaban J connectivity index is 2.07. The molecule has 2 nitrogen and oxygen atoms in total. The highest BCUT2D eigenvalue weighted by Crippen LogP contribution is 2.28. The maximum absolute atomic E-state index is 6.49. The van der Waals surface area contributed by atoms with E-state index in [0.717, 1.165) is 43.3 Å². The fraction of sp³-hybridized carbons (Fsp3) is 0.412. The van der Waals surface area contributed by atoms with E-state index in [1.165, 1.54) is 10.4 Å². The average Bonchev–Trinajstić information content (AvgIpc) is 2.99. The summed E-state index contributed by atoms with van der Waals surface area (Å²) in [5.41, 5.74) is 2.36. The van der Waals surface area contributed by atoms with Crippen LogP contribution in [-0.2, 0) is 13.1 Å². The van der Waals surface area contributed by atoms with E-state index in [1.807, 2.05) is 0 Å². The summed E-state index contributed by atoms with van der Waals surface area (Å²) in [6, 6.07) is 10.7. The van der Waals surface area contributed by atoms with Crippen LogP contribution in [0.2, 0.25) is 5.02 Å². The van der Waals surface area contributed by atoms with Crippen LogP contribution >= 0.6 is 22.9 Å². The Morgan fingerprint density at radius 3 is 2.71 bits per heavy atom. The van der Waals surface area contributed by atoms with Gasteiger partial charge in [0.1, 0.15) is 0 Å². The zero-order chi connectivity index (χ0) is 15.1. The number of rotatable bonds is 8. The molecule has 0 saturated heterocycles. The van der Waals surface area contributed by atoms with Crippen LogP contribution in [0.25, 0.3) is 0 Å². The van der Waals surface area contributed by atoms with Crippen LogP contribution in [-0.4, -0.2) is 13.1 Å². The fourth-order valence-corrected chi connectivity index (χ4v) is 3.33. The largest absolute Gasteiger partial charge is 0.365 e. The number of hydrogen-bond acceptors (Lipinski definition) is 3. The molecule has 0 saturated carbocycles. The van der Waals surface area contributed by atoms with Crippen molar-refractivity contribution < 1.29 is 0 Å². The van der Waals surface area contributed by atoms with Gasteiger partial charge in [0.2, 0.25) is 0 Å². The summed E-state index contributed by atoms with van der Waals surface area (Å²) in [5, 5.41) is 6.36. The summed E-state index contributed by atoms with van der Waals surface area (Å²) in [4.78, 5) is 3.68. The lowest BCUT2D eigenvalue weighted by Gasteiger charge is -2.24. The van der Waals surface area contributed by atoms with E-state index in [9.17, 15) is 0 Å². The molecule has 0 fully saturated rings. The van der Waals surface area contributed by atoms with Crippen LogP contribution in [0.3, 0.4) is 0 Å². The van der Waals surface area contributed by atoms with Crippen molar-refractivity contribution in [1.29, 1.82) is 0 Å². The third-order valence-electron chi connectivity index (χ3n) is 3.42. The van der Waals surface area contributed by atoms with Crippen molar-refractivity contribution in [1.82, 2.24) is 5.32 Å². The van der Waals surface area contributed by atoms with Gasteiger partial charge in [0.25, 0.3) is 0 Å². The summed E-state index contributed by atoms with van der Waals surface area (Å²) >= 11 is 8.28. The van der Waals surface area contributed by atoms with E-state index in [4.69, 9.17) is 11.6 Å². The SMILES string of the molecule is CCCNCc1ccc(N(CC)Cc2cccs2)c(Cl)c1. The Hall–Kier alpha value is -1.03. The highest BCUT2D eigenvalue weighted by molar-refractivity contribution is 7.09. The quantitative estimate of drug-likeness (QED) is 0.693. The normalized spacial score (nSPS) is 10.8. The van der Waals surface area contributed by atoms with Crippen LogP contribution in [0.5, 0.6) is 0 Å². The van der Waals surface area contributed by atoms with Gasteiger partial charge >= 0.3 is 0 Å². The maximum Gasteiger partial charge on any atom is 0.0642 e. The van der Waals surface area contributed by atoms with Gasteiger partial charge in [-0.2, -0.15) is 0 Å². The van der Waals surface area contributed by atoms with Gasteiger partial charge in [-0.1, -0.05) is 30.7 Å². The topological polar surface area (TPSA) is 15.3 Å². The van der Waals surface area contributed by atoms with Gasteiger partial charge in [-0.25, -0.2) is 0 Å². The maximum atomic E-state index is 6.49. The average molecular weight is 323 g/mol. The lowest BCUT2D eigenvalue weighted by atomic mass is 10.2. The van der Waals surface area contributed by atoms with Gasteiger partial charge in [-0.15, -0.1) is 11.3 Å². The zero-order valence-corrected chi connectivity index (χ0v) is 14.3. The van der Waals surface area contributed by atoms with E-state index < -0.39 is 0 Å². The molecule has 1 N–H and O–H groups in total. The second kappa shape index (κ2) is 8.42. The molecule has 0 aliphatic rings. The highest BCUT2D eigenvalue weighted by Gasteiger charge is 2.10. The summed E-state index contributed by atoms with van der Waals surface area (Å²) in [6.45, 7) is 8.13. The summed E-state index contributed by atoms with van der Waals surface area (Å²) in [6.07, 6.45) is 1.15. The first-order valence-corrected chi connectivity index (χ1v) is 8.76. The van der Waals surface area contributed by atoms with E-state index in [0.29, 0.717) is 0 Å². The van der Waals surface area contributed by atoms with E-state index >= 15 is 0 Å². The third-order valence-corrected chi connectivity index (χ3v) is 4.58. The molecule has 0 radical (unpaired) electrons. The van der Waals surface area contributed by atoms with Gasteiger partial charge in [-0.3, -0.25) is 0 Å². The molecule has 1 heterocycles. The molecular formula is C17H23ClN2S. The van der Waals surface area contributed by atoms with Gasteiger partial charge in [0.15, 0.2) is 0 Å². The number of halogens is 1.